The molecule has 1 saturated heterocycles. The van der Waals surface area contributed by atoms with Crippen molar-refractivity contribution in [2.24, 2.45) is 17.1 Å². The highest BCUT2D eigenvalue weighted by Crippen LogP contribution is 2.55. The van der Waals surface area contributed by atoms with E-state index in [4.69, 9.17) is 10.5 Å². The molecule has 4 atom stereocenters. The van der Waals surface area contributed by atoms with Gasteiger partial charge in [0.05, 0.1) is 6.54 Å². The van der Waals surface area contributed by atoms with Gasteiger partial charge in [-0.25, -0.2) is 9.18 Å². The monoisotopic (exact) mass is 272 g/mol. The first-order valence-electron chi connectivity index (χ1n) is 6.93. The highest BCUT2D eigenvalue weighted by atomic mass is 19.1. The Hall–Kier alpha value is -0.840. The number of carbonyl (C=O) groups is 1. The average Bonchev–Trinajstić information content (AvgIpc) is 2.54. The number of carbonyl (C=O) groups excluding carboxylic acids is 1. The van der Waals surface area contributed by atoms with Gasteiger partial charge in [0.15, 0.2) is 0 Å². The Morgan fingerprint density at radius 3 is 2.37 bits per heavy atom. The Bertz CT molecular complexity index is 378. The fourth-order valence-corrected chi connectivity index (χ4v) is 3.14. The van der Waals surface area contributed by atoms with Crippen molar-refractivity contribution in [3.63, 3.8) is 0 Å². The quantitative estimate of drug-likeness (QED) is 0.797. The standard InChI is InChI=1S/C14H25FN2O2/c1-13(2,3)19-12(18)17-7-8(15)6-9(17)10-11(16)14(10,4)5/h8-11H,6-7,16H2,1-5H3/t8-,9?,10-,11-/m1/s1. The number of nitrogens with zero attached hydrogens (tertiary/aromatic N) is 1. The smallest absolute Gasteiger partial charge is 0.410 e. The highest BCUT2D eigenvalue weighted by Gasteiger charge is 2.62. The van der Waals surface area contributed by atoms with Gasteiger partial charge >= 0.3 is 6.09 Å². The van der Waals surface area contributed by atoms with Crippen LogP contribution in [0.25, 0.3) is 0 Å². The number of hydrogen-bond donors (Lipinski definition) is 1. The Morgan fingerprint density at radius 2 is 1.95 bits per heavy atom. The fourth-order valence-electron chi connectivity index (χ4n) is 3.14. The van der Waals surface area contributed by atoms with Crippen LogP contribution in [0.1, 0.15) is 41.0 Å². The van der Waals surface area contributed by atoms with Gasteiger partial charge in [-0.15, -0.1) is 0 Å². The zero-order chi connectivity index (χ0) is 14.6. The molecule has 0 aromatic carbocycles. The number of nitrogens with two attached hydrogens (primary N) is 1. The molecule has 2 fully saturated rings. The third-order valence-corrected chi connectivity index (χ3v) is 4.33. The topological polar surface area (TPSA) is 55.6 Å². The van der Waals surface area contributed by atoms with Crippen molar-refractivity contribution in [3.8, 4) is 0 Å². The molecule has 1 heterocycles. The lowest BCUT2D eigenvalue weighted by Crippen LogP contribution is -2.42. The lowest BCUT2D eigenvalue weighted by atomic mass is 10.0. The van der Waals surface area contributed by atoms with Gasteiger partial charge < -0.3 is 15.4 Å². The molecular formula is C14H25FN2O2. The van der Waals surface area contributed by atoms with E-state index in [0.29, 0.717) is 6.42 Å². The molecule has 1 saturated carbocycles. The minimum Gasteiger partial charge on any atom is -0.444 e. The molecule has 1 amide bonds. The molecule has 0 radical (unpaired) electrons. The van der Waals surface area contributed by atoms with Crippen LogP contribution in [0, 0.1) is 11.3 Å². The van der Waals surface area contributed by atoms with E-state index < -0.39 is 17.9 Å². The molecule has 1 aliphatic carbocycles. The summed E-state index contributed by atoms with van der Waals surface area (Å²) in [4.78, 5) is 13.7. The van der Waals surface area contributed by atoms with Crippen LogP contribution in [0.5, 0.6) is 0 Å². The predicted molar refractivity (Wildman–Crippen MR) is 71.5 cm³/mol. The maximum Gasteiger partial charge on any atom is 0.410 e. The van der Waals surface area contributed by atoms with Crippen LogP contribution in [0.3, 0.4) is 0 Å². The maximum absolute atomic E-state index is 13.7. The van der Waals surface area contributed by atoms with Gasteiger partial charge in [0.25, 0.3) is 0 Å². The van der Waals surface area contributed by atoms with E-state index in [-0.39, 0.29) is 30.0 Å². The number of ether oxygens (including phenoxy) is 1. The Morgan fingerprint density at radius 1 is 1.42 bits per heavy atom. The van der Waals surface area contributed by atoms with Crippen LogP contribution in [0.4, 0.5) is 9.18 Å². The zero-order valence-electron chi connectivity index (χ0n) is 12.4. The molecule has 0 spiro atoms. The molecule has 4 nitrogen and oxygen atoms in total. The molecular weight excluding hydrogens is 247 g/mol. The fraction of sp³-hybridized carbons (Fsp3) is 0.929. The molecule has 0 aromatic rings. The van der Waals surface area contributed by atoms with Crippen molar-refractivity contribution in [1.29, 1.82) is 0 Å². The summed E-state index contributed by atoms with van der Waals surface area (Å²) in [6, 6.07) is -0.0948. The molecule has 0 bridgehead atoms. The van der Waals surface area contributed by atoms with Crippen molar-refractivity contribution in [2.45, 2.75) is 64.9 Å². The van der Waals surface area contributed by atoms with Crippen LogP contribution in [0.2, 0.25) is 0 Å². The van der Waals surface area contributed by atoms with E-state index in [1.807, 2.05) is 20.8 Å². The Kier molecular flexibility index (Phi) is 3.32. The van der Waals surface area contributed by atoms with E-state index in [1.165, 1.54) is 4.90 Å². The van der Waals surface area contributed by atoms with Gasteiger partial charge in [0.1, 0.15) is 11.8 Å². The number of hydrogen-bond acceptors (Lipinski definition) is 3. The molecule has 110 valence electrons. The molecule has 1 aliphatic heterocycles. The molecule has 19 heavy (non-hydrogen) atoms. The second-order valence-corrected chi connectivity index (χ2v) is 7.41. The summed E-state index contributed by atoms with van der Waals surface area (Å²) >= 11 is 0. The van der Waals surface area contributed by atoms with Crippen LogP contribution in [0.15, 0.2) is 0 Å². The molecule has 1 unspecified atom stereocenters. The van der Waals surface area contributed by atoms with Gasteiger partial charge in [-0.05, 0) is 26.2 Å². The first-order chi connectivity index (χ1) is 8.54. The first-order valence-corrected chi connectivity index (χ1v) is 6.93. The number of alkyl halides is 1. The Balaban J connectivity index is 2.09. The van der Waals surface area contributed by atoms with E-state index in [1.54, 1.807) is 0 Å². The summed E-state index contributed by atoms with van der Waals surface area (Å²) in [5.41, 5.74) is 5.48. The largest absolute Gasteiger partial charge is 0.444 e. The number of likely N-dealkylation sites (tertiary alicyclic amines) is 1. The normalized spacial score (nSPS) is 37.3. The van der Waals surface area contributed by atoms with Gasteiger partial charge in [-0.3, -0.25) is 0 Å². The van der Waals surface area contributed by atoms with Gasteiger partial charge in [0.2, 0.25) is 0 Å². The number of rotatable bonds is 1. The predicted octanol–water partition coefficient (Wildman–Crippen LogP) is 2.32. The molecule has 5 heteroatoms. The summed E-state index contributed by atoms with van der Waals surface area (Å²) in [5, 5.41) is 0. The SMILES string of the molecule is CC(C)(C)OC(=O)N1C[C@H](F)CC1[C@@H]1[C@@H](N)C1(C)C. The third-order valence-electron chi connectivity index (χ3n) is 4.33. The lowest BCUT2D eigenvalue weighted by Gasteiger charge is -2.29. The van der Waals surface area contributed by atoms with Crippen molar-refractivity contribution in [1.82, 2.24) is 4.90 Å². The Labute approximate surface area is 114 Å². The summed E-state index contributed by atoms with van der Waals surface area (Å²) in [5.74, 6) is 0.167. The summed E-state index contributed by atoms with van der Waals surface area (Å²) < 4.78 is 19.1. The minimum absolute atomic E-state index is 0.0189. The third kappa shape index (κ3) is 2.71. The molecule has 0 aromatic heterocycles. The summed E-state index contributed by atoms with van der Waals surface area (Å²) in [6.07, 6.45) is -1.02. The van der Waals surface area contributed by atoms with Crippen molar-refractivity contribution in [3.05, 3.63) is 0 Å². The second kappa shape index (κ2) is 4.33. The van der Waals surface area contributed by atoms with Crippen LogP contribution >= 0.6 is 0 Å². The highest BCUT2D eigenvalue weighted by molar-refractivity contribution is 5.69. The molecule has 2 aliphatic rings. The van der Waals surface area contributed by atoms with Gasteiger partial charge in [-0.1, -0.05) is 13.8 Å². The second-order valence-electron chi connectivity index (χ2n) is 7.41. The minimum atomic E-state index is -0.971. The number of halogens is 1. The van der Waals surface area contributed by atoms with Crippen LogP contribution < -0.4 is 5.73 Å². The van der Waals surface area contributed by atoms with Crippen molar-refractivity contribution < 1.29 is 13.9 Å². The van der Waals surface area contributed by atoms with Crippen molar-refractivity contribution in [2.75, 3.05) is 6.54 Å². The van der Waals surface area contributed by atoms with Crippen LogP contribution in [-0.2, 0) is 4.74 Å². The van der Waals surface area contributed by atoms with Crippen molar-refractivity contribution >= 4 is 6.09 Å². The van der Waals surface area contributed by atoms with E-state index in [2.05, 4.69) is 13.8 Å². The van der Waals surface area contributed by atoms with E-state index in [0.717, 1.165) is 0 Å². The average molecular weight is 272 g/mol. The summed E-state index contributed by atoms with van der Waals surface area (Å²) in [7, 11) is 0. The van der Waals surface area contributed by atoms with Crippen LogP contribution in [-0.4, -0.2) is 41.4 Å². The first kappa shape index (κ1) is 14.6. The summed E-state index contributed by atoms with van der Waals surface area (Å²) in [6.45, 7) is 9.71. The maximum atomic E-state index is 13.7. The van der Waals surface area contributed by atoms with Gasteiger partial charge in [0, 0.05) is 24.4 Å². The van der Waals surface area contributed by atoms with E-state index in [9.17, 15) is 9.18 Å². The number of amides is 1. The lowest BCUT2D eigenvalue weighted by molar-refractivity contribution is 0.0193. The van der Waals surface area contributed by atoms with E-state index >= 15 is 0 Å². The molecule has 2 N–H and O–H groups in total. The molecule has 2 rings (SSSR count). The van der Waals surface area contributed by atoms with Gasteiger partial charge in [-0.2, -0.15) is 0 Å². The zero-order valence-corrected chi connectivity index (χ0v) is 12.4.